The molecule has 1 heterocycles. The Morgan fingerprint density at radius 2 is 1.16 bits per heavy atom. The minimum atomic E-state index is -0.157. The summed E-state index contributed by atoms with van der Waals surface area (Å²) in [5, 5.41) is 3.82. The normalized spacial score (nSPS) is 18.4. The van der Waals surface area contributed by atoms with Crippen LogP contribution >= 0.6 is 0 Å². The predicted octanol–water partition coefficient (Wildman–Crippen LogP) is 9.43. The minimum Gasteiger partial charge on any atom is -0.350 e. The summed E-state index contributed by atoms with van der Waals surface area (Å²) in [5.41, 5.74) is 10.8. The van der Waals surface area contributed by atoms with Gasteiger partial charge in [0.05, 0.1) is 0 Å². The average Bonchev–Trinajstić information content (AvgIpc) is 3.10. The molecule has 5 aromatic rings. The second kappa shape index (κ2) is 12.1. The molecule has 210 valence electrons. The summed E-state index contributed by atoms with van der Waals surface area (Å²) in [6, 6.07) is 47.6. The van der Waals surface area contributed by atoms with Gasteiger partial charge in [-0.25, -0.2) is 4.99 Å². The number of nitrogens with zero attached hydrogens (tertiary/aromatic N) is 2. The van der Waals surface area contributed by atoms with Gasteiger partial charge in [-0.3, -0.25) is 4.90 Å². The molecule has 1 aliphatic heterocycles. The molecule has 0 amide bonds. The molecule has 0 radical (unpaired) electrons. The molecule has 2 atom stereocenters. The molecule has 2 unspecified atom stereocenters. The molecule has 7 rings (SSSR count). The Balaban J connectivity index is 1.31. The van der Waals surface area contributed by atoms with Gasteiger partial charge in [-0.15, -0.1) is 0 Å². The quantitative estimate of drug-likeness (QED) is 0.225. The molecular weight excluding hydrogens is 522 g/mol. The van der Waals surface area contributed by atoms with Crippen LogP contribution in [0.3, 0.4) is 0 Å². The number of nitrogens with one attached hydrogen (secondary N) is 1. The first kappa shape index (κ1) is 26.9. The van der Waals surface area contributed by atoms with Crippen LogP contribution in [0.4, 0.5) is 0 Å². The van der Waals surface area contributed by atoms with Crippen molar-refractivity contribution in [3.05, 3.63) is 174 Å². The van der Waals surface area contributed by atoms with Crippen LogP contribution in [0, 0.1) is 0 Å². The Kier molecular flexibility index (Phi) is 7.56. The number of allylic oxidation sites excluding steroid dienone is 4. The highest BCUT2D eigenvalue weighted by Gasteiger charge is 2.32. The lowest BCUT2D eigenvalue weighted by Crippen LogP contribution is -2.46. The van der Waals surface area contributed by atoms with Crippen LogP contribution in [0.1, 0.15) is 47.4 Å². The summed E-state index contributed by atoms with van der Waals surface area (Å²) < 4.78 is 0. The molecule has 0 aromatic heterocycles. The molecule has 2 aliphatic rings. The topological polar surface area (TPSA) is 27.6 Å². The third-order valence-electron chi connectivity index (χ3n) is 8.38. The molecule has 0 bridgehead atoms. The fourth-order valence-corrected chi connectivity index (χ4v) is 6.11. The fourth-order valence-electron chi connectivity index (χ4n) is 6.11. The van der Waals surface area contributed by atoms with E-state index in [0.717, 1.165) is 24.2 Å². The summed E-state index contributed by atoms with van der Waals surface area (Å²) in [4.78, 5) is 7.72. The van der Waals surface area contributed by atoms with Crippen molar-refractivity contribution < 1.29 is 0 Å². The number of benzene rings is 5. The second-order valence-electron chi connectivity index (χ2n) is 11.3. The Morgan fingerprint density at radius 3 is 1.86 bits per heavy atom. The number of hydrogen-bond donors (Lipinski definition) is 1. The Bertz CT molecular complexity index is 1820. The maximum Gasteiger partial charge on any atom is 0.132 e. The maximum atomic E-state index is 5.37. The molecule has 5 aromatic carbocycles. The van der Waals surface area contributed by atoms with E-state index in [4.69, 9.17) is 4.99 Å². The van der Waals surface area contributed by atoms with E-state index in [0.29, 0.717) is 0 Å². The third-order valence-corrected chi connectivity index (χ3v) is 8.38. The van der Waals surface area contributed by atoms with Gasteiger partial charge in [0.25, 0.3) is 0 Å². The second-order valence-corrected chi connectivity index (χ2v) is 11.3. The minimum absolute atomic E-state index is 0.0704. The molecule has 3 nitrogen and oxygen atoms in total. The Hall–Kier alpha value is -4.99. The number of hydrogen-bond acceptors (Lipinski definition) is 3. The average molecular weight is 558 g/mol. The van der Waals surface area contributed by atoms with E-state index in [-0.39, 0.29) is 12.3 Å². The lowest BCUT2D eigenvalue weighted by atomic mass is 9.96. The van der Waals surface area contributed by atoms with E-state index in [1.54, 1.807) is 0 Å². The van der Waals surface area contributed by atoms with E-state index in [1.807, 2.05) is 0 Å². The fraction of sp³-hybridized carbons (Fsp3) is 0.125. The highest BCUT2D eigenvalue weighted by molar-refractivity contribution is 6.00. The van der Waals surface area contributed by atoms with E-state index in [1.165, 1.54) is 44.5 Å². The Morgan fingerprint density at radius 1 is 0.581 bits per heavy atom. The summed E-state index contributed by atoms with van der Waals surface area (Å²) in [7, 11) is 2.17. The van der Waals surface area contributed by atoms with Crippen molar-refractivity contribution >= 4 is 11.4 Å². The van der Waals surface area contributed by atoms with Crippen LogP contribution in [-0.2, 0) is 0 Å². The van der Waals surface area contributed by atoms with Crippen molar-refractivity contribution in [2.45, 2.75) is 25.2 Å². The molecule has 1 aliphatic carbocycles. The summed E-state index contributed by atoms with van der Waals surface area (Å²) >= 11 is 0. The molecule has 0 spiro atoms. The number of amidine groups is 1. The van der Waals surface area contributed by atoms with Crippen molar-refractivity contribution in [2.24, 2.45) is 4.99 Å². The van der Waals surface area contributed by atoms with Gasteiger partial charge in [-0.1, -0.05) is 133 Å². The van der Waals surface area contributed by atoms with Gasteiger partial charge in [0.2, 0.25) is 0 Å². The largest absolute Gasteiger partial charge is 0.350 e. The van der Waals surface area contributed by atoms with Crippen LogP contribution in [0.25, 0.3) is 27.8 Å². The van der Waals surface area contributed by atoms with Crippen LogP contribution in [0.2, 0.25) is 0 Å². The van der Waals surface area contributed by atoms with Crippen LogP contribution in [0.15, 0.2) is 157 Å². The highest BCUT2D eigenvalue weighted by atomic mass is 15.4. The molecule has 0 saturated carbocycles. The van der Waals surface area contributed by atoms with Gasteiger partial charge in [0.15, 0.2) is 0 Å². The lowest BCUT2D eigenvalue weighted by molar-refractivity contribution is 0.152. The van der Waals surface area contributed by atoms with E-state index >= 15 is 0 Å². The zero-order valence-electron chi connectivity index (χ0n) is 24.4. The van der Waals surface area contributed by atoms with Crippen molar-refractivity contribution in [3.8, 4) is 22.3 Å². The molecule has 0 fully saturated rings. The number of rotatable bonds is 6. The zero-order chi connectivity index (χ0) is 29.0. The standard InChI is InChI=1S/C40H35N3/c1-43-39(36-24-12-21-33(27-36)30-16-7-3-8-17-30)41-38(35-23-11-20-32(26-35)29-14-5-2-6-15-29)42-40(43)37-25-13-22-34(28-37)31-18-9-4-10-19-31/h2-3,5-9,11-28,39-40H,4,10H2,1H3,(H,41,42). The lowest BCUT2D eigenvalue weighted by Gasteiger charge is -2.39. The summed E-state index contributed by atoms with van der Waals surface area (Å²) in [5.74, 6) is 0.901. The van der Waals surface area contributed by atoms with Gasteiger partial charge in [-0.2, -0.15) is 0 Å². The smallest absolute Gasteiger partial charge is 0.132 e. The van der Waals surface area contributed by atoms with Crippen molar-refractivity contribution in [1.82, 2.24) is 10.2 Å². The van der Waals surface area contributed by atoms with Gasteiger partial charge in [0, 0.05) is 5.56 Å². The van der Waals surface area contributed by atoms with E-state index in [2.05, 4.69) is 169 Å². The van der Waals surface area contributed by atoms with Gasteiger partial charge >= 0.3 is 0 Å². The highest BCUT2D eigenvalue weighted by Crippen LogP contribution is 2.36. The first-order valence-electron chi connectivity index (χ1n) is 15.1. The van der Waals surface area contributed by atoms with Gasteiger partial charge in [0.1, 0.15) is 18.2 Å². The summed E-state index contributed by atoms with van der Waals surface area (Å²) in [6.07, 6.45) is 8.82. The molecule has 0 saturated heterocycles. The van der Waals surface area contributed by atoms with Crippen molar-refractivity contribution in [1.29, 1.82) is 0 Å². The molecular formula is C40H35N3. The predicted molar refractivity (Wildman–Crippen MR) is 179 cm³/mol. The van der Waals surface area contributed by atoms with E-state index < -0.39 is 0 Å². The van der Waals surface area contributed by atoms with Gasteiger partial charge < -0.3 is 5.32 Å². The molecule has 1 N–H and O–H groups in total. The molecule has 43 heavy (non-hydrogen) atoms. The van der Waals surface area contributed by atoms with Crippen molar-refractivity contribution in [3.63, 3.8) is 0 Å². The van der Waals surface area contributed by atoms with E-state index in [9.17, 15) is 0 Å². The first-order valence-corrected chi connectivity index (χ1v) is 15.1. The molecule has 3 heteroatoms. The monoisotopic (exact) mass is 557 g/mol. The SMILES string of the molecule is CN1C(c2cccc(C3=CCCC=C3)c2)N=C(c2cccc(-c3ccccc3)c2)NC1c1cccc(-c2ccccc2)c1. The van der Waals surface area contributed by atoms with Crippen molar-refractivity contribution in [2.75, 3.05) is 7.05 Å². The summed E-state index contributed by atoms with van der Waals surface area (Å²) in [6.45, 7) is 0. The van der Waals surface area contributed by atoms with Crippen LogP contribution < -0.4 is 5.32 Å². The Labute approximate surface area is 254 Å². The third kappa shape index (κ3) is 5.73. The maximum absolute atomic E-state index is 5.37. The zero-order valence-corrected chi connectivity index (χ0v) is 24.4. The van der Waals surface area contributed by atoms with Crippen LogP contribution in [0.5, 0.6) is 0 Å². The first-order chi connectivity index (χ1) is 21.2. The van der Waals surface area contributed by atoms with Crippen LogP contribution in [-0.4, -0.2) is 17.8 Å². The number of aliphatic imine (C=N–C) groups is 1. The van der Waals surface area contributed by atoms with Gasteiger partial charge in [-0.05, 0) is 82.6 Å².